The van der Waals surface area contributed by atoms with E-state index >= 15 is 0 Å². The van der Waals surface area contributed by atoms with E-state index in [1.165, 1.54) is 18.2 Å². The van der Waals surface area contributed by atoms with E-state index in [0.717, 1.165) is 5.56 Å². The SMILES string of the molecule is Cc1cccc(OC(=O)c2ccc3c(c2)C(=O)OC3=O)c1. The van der Waals surface area contributed by atoms with Crippen LogP contribution in [0.5, 0.6) is 5.75 Å². The Morgan fingerprint density at radius 3 is 2.52 bits per heavy atom. The lowest BCUT2D eigenvalue weighted by atomic mass is 10.1. The summed E-state index contributed by atoms with van der Waals surface area (Å²) in [6.45, 7) is 1.88. The Bertz CT molecular complexity index is 776. The van der Waals surface area contributed by atoms with E-state index in [4.69, 9.17) is 4.74 Å². The molecule has 0 saturated heterocycles. The maximum absolute atomic E-state index is 12.1. The Balaban J connectivity index is 1.88. The molecule has 0 spiro atoms. The van der Waals surface area contributed by atoms with Crippen molar-refractivity contribution in [2.75, 3.05) is 0 Å². The molecule has 2 aromatic carbocycles. The number of aryl methyl sites for hydroxylation is 1. The third kappa shape index (κ3) is 2.41. The molecule has 104 valence electrons. The maximum atomic E-state index is 12.1. The summed E-state index contributed by atoms with van der Waals surface area (Å²) < 4.78 is 9.70. The minimum atomic E-state index is -0.750. The van der Waals surface area contributed by atoms with Crippen LogP contribution in [-0.2, 0) is 4.74 Å². The van der Waals surface area contributed by atoms with Gasteiger partial charge in [0.2, 0.25) is 0 Å². The van der Waals surface area contributed by atoms with Gasteiger partial charge in [-0.1, -0.05) is 12.1 Å². The van der Waals surface area contributed by atoms with Gasteiger partial charge in [0.25, 0.3) is 0 Å². The molecular weight excluding hydrogens is 272 g/mol. The number of hydrogen-bond donors (Lipinski definition) is 0. The molecule has 0 unspecified atom stereocenters. The zero-order valence-electron chi connectivity index (χ0n) is 11.1. The third-order valence-corrected chi connectivity index (χ3v) is 3.08. The van der Waals surface area contributed by atoms with Gasteiger partial charge in [0.05, 0.1) is 16.7 Å². The lowest BCUT2D eigenvalue weighted by molar-refractivity contribution is 0.0443. The second-order valence-corrected chi connectivity index (χ2v) is 4.64. The molecular formula is C16H10O5. The van der Waals surface area contributed by atoms with Crippen molar-refractivity contribution in [2.45, 2.75) is 6.92 Å². The molecule has 0 bridgehead atoms. The van der Waals surface area contributed by atoms with E-state index in [0.29, 0.717) is 5.75 Å². The number of rotatable bonds is 2. The summed E-state index contributed by atoms with van der Waals surface area (Å²) in [5.74, 6) is -1.64. The Labute approximate surface area is 120 Å². The molecule has 1 heterocycles. The van der Waals surface area contributed by atoms with E-state index in [1.807, 2.05) is 13.0 Å². The monoisotopic (exact) mass is 282 g/mol. The highest BCUT2D eigenvalue weighted by atomic mass is 16.6. The van der Waals surface area contributed by atoms with E-state index in [9.17, 15) is 14.4 Å². The highest BCUT2D eigenvalue weighted by molar-refractivity contribution is 6.15. The highest BCUT2D eigenvalue weighted by Crippen LogP contribution is 2.22. The molecule has 1 aliphatic heterocycles. The average Bonchev–Trinajstić information content (AvgIpc) is 2.73. The van der Waals surface area contributed by atoms with E-state index in [-0.39, 0.29) is 16.7 Å². The van der Waals surface area contributed by atoms with Crippen LogP contribution in [0.15, 0.2) is 42.5 Å². The Morgan fingerprint density at radius 1 is 1.00 bits per heavy atom. The number of ether oxygens (including phenoxy) is 2. The van der Waals surface area contributed by atoms with Gasteiger partial charge in [0.1, 0.15) is 5.75 Å². The smallest absolute Gasteiger partial charge is 0.346 e. The summed E-state index contributed by atoms with van der Waals surface area (Å²) in [6.07, 6.45) is 0. The number of carbonyl (C=O) groups excluding carboxylic acids is 3. The average molecular weight is 282 g/mol. The highest BCUT2D eigenvalue weighted by Gasteiger charge is 2.30. The molecule has 0 saturated carbocycles. The molecule has 3 rings (SSSR count). The number of carbonyl (C=O) groups is 3. The predicted octanol–water partition coefficient (Wildman–Crippen LogP) is 2.52. The predicted molar refractivity (Wildman–Crippen MR) is 72.3 cm³/mol. The second-order valence-electron chi connectivity index (χ2n) is 4.64. The van der Waals surface area contributed by atoms with Crippen molar-refractivity contribution >= 4 is 17.9 Å². The van der Waals surface area contributed by atoms with Crippen LogP contribution in [0.4, 0.5) is 0 Å². The molecule has 21 heavy (non-hydrogen) atoms. The van der Waals surface area contributed by atoms with Crippen molar-refractivity contribution in [3.05, 3.63) is 64.7 Å². The summed E-state index contributed by atoms with van der Waals surface area (Å²) in [4.78, 5) is 34.8. The third-order valence-electron chi connectivity index (χ3n) is 3.08. The summed E-state index contributed by atoms with van der Waals surface area (Å²) in [6, 6.07) is 11.2. The summed E-state index contributed by atoms with van der Waals surface area (Å²) >= 11 is 0. The van der Waals surface area contributed by atoms with Crippen LogP contribution in [0.1, 0.15) is 36.6 Å². The van der Waals surface area contributed by atoms with Crippen molar-refractivity contribution < 1.29 is 23.9 Å². The molecule has 0 N–H and O–H groups in total. The van der Waals surface area contributed by atoms with Crippen LogP contribution in [0.3, 0.4) is 0 Å². The lowest BCUT2D eigenvalue weighted by Crippen LogP contribution is -2.09. The largest absolute Gasteiger partial charge is 0.423 e. The zero-order valence-corrected chi connectivity index (χ0v) is 11.1. The van der Waals surface area contributed by atoms with E-state index in [1.54, 1.807) is 18.2 Å². The van der Waals surface area contributed by atoms with Crippen molar-refractivity contribution in [2.24, 2.45) is 0 Å². The Morgan fingerprint density at radius 2 is 1.76 bits per heavy atom. The quantitative estimate of drug-likeness (QED) is 0.481. The van der Waals surface area contributed by atoms with Gasteiger partial charge < -0.3 is 9.47 Å². The van der Waals surface area contributed by atoms with Crippen LogP contribution in [0.2, 0.25) is 0 Å². The van der Waals surface area contributed by atoms with Gasteiger partial charge in [-0.15, -0.1) is 0 Å². The van der Waals surface area contributed by atoms with Crippen molar-refractivity contribution in [3.63, 3.8) is 0 Å². The summed E-state index contributed by atoms with van der Waals surface area (Å²) in [5, 5.41) is 0. The molecule has 0 radical (unpaired) electrons. The lowest BCUT2D eigenvalue weighted by Gasteiger charge is -2.05. The molecule has 0 aliphatic carbocycles. The van der Waals surface area contributed by atoms with E-state index in [2.05, 4.69) is 4.74 Å². The molecule has 0 aromatic heterocycles. The van der Waals surface area contributed by atoms with Crippen molar-refractivity contribution in [1.29, 1.82) is 0 Å². The molecule has 2 aromatic rings. The number of hydrogen-bond acceptors (Lipinski definition) is 5. The number of esters is 3. The van der Waals surface area contributed by atoms with Gasteiger partial charge in [-0.05, 0) is 42.8 Å². The van der Waals surface area contributed by atoms with Crippen LogP contribution in [0, 0.1) is 6.92 Å². The summed E-state index contributed by atoms with van der Waals surface area (Å²) in [7, 11) is 0. The van der Waals surface area contributed by atoms with Crippen molar-refractivity contribution in [3.8, 4) is 5.75 Å². The number of fused-ring (bicyclic) bond motifs is 1. The topological polar surface area (TPSA) is 69.7 Å². The molecule has 0 fully saturated rings. The maximum Gasteiger partial charge on any atom is 0.346 e. The first-order chi connectivity index (χ1) is 10.0. The minimum absolute atomic E-state index is 0.0821. The van der Waals surface area contributed by atoms with Crippen molar-refractivity contribution in [1.82, 2.24) is 0 Å². The van der Waals surface area contributed by atoms with Crippen LogP contribution >= 0.6 is 0 Å². The first-order valence-electron chi connectivity index (χ1n) is 6.24. The summed E-state index contributed by atoms with van der Waals surface area (Å²) in [5.41, 5.74) is 1.39. The van der Waals surface area contributed by atoms with Gasteiger partial charge in [0.15, 0.2) is 0 Å². The fraction of sp³-hybridized carbons (Fsp3) is 0.0625. The fourth-order valence-corrected chi connectivity index (χ4v) is 2.06. The molecule has 0 amide bonds. The first kappa shape index (κ1) is 13.1. The zero-order chi connectivity index (χ0) is 15.0. The molecule has 5 nitrogen and oxygen atoms in total. The number of cyclic esters (lactones) is 2. The van der Waals surface area contributed by atoms with Crippen LogP contribution < -0.4 is 4.74 Å². The molecule has 5 heteroatoms. The second kappa shape index (κ2) is 4.86. The van der Waals surface area contributed by atoms with Gasteiger partial charge in [-0.3, -0.25) is 0 Å². The normalized spacial score (nSPS) is 12.8. The Hall–Kier alpha value is -2.95. The Kier molecular flexibility index (Phi) is 3.02. The molecule has 1 aliphatic rings. The first-order valence-corrected chi connectivity index (χ1v) is 6.24. The van der Waals surface area contributed by atoms with E-state index < -0.39 is 17.9 Å². The standard InChI is InChI=1S/C16H10O5/c1-9-3-2-4-11(7-9)20-14(17)10-5-6-12-13(8-10)16(19)21-15(12)18/h2-8H,1H3. The number of benzene rings is 2. The van der Waals surface area contributed by atoms with Gasteiger partial charge >= 0.3 is 17.9 Å². The van der Waals surface area contributed by atoms with Gasteiger partial charge in [-0.25, -0.2) is 14.4 Å². The van der Waals surface area contributed by atoms with Gasteiger partial charge in [-0.2, -0.15) is 0 Å². The fourth-order valence-electron chi connectivity index (χ4n) is 2.06. The van der Waals surface area contributed by atoms with Crippen LogP contribution in [-0.4, -0.2) is 17.9 Å². The molecule has 0 atom stereocenters. The minimum Gasteiger partial charge on any atom is -0.423 e. The van der Waals surface area contributed by atoms with Crippen LogP contribution in [0.25, 0.3) is 0 Å². The van der Waals surface area contributed by atoms with Gasteiger partial charge in [0, 0.05) is 0 Å².